The first kappa shape index (κ1) is 19.9. The van der Waals surface area contributed by atoms with E-state index >= 15 is 0 Å². The summed E-state index contributed by atoms with van der Waals surface area (Å²) in [5, 5.41) is 6.27. The van der Waals surface area contributed by atoms with Crippen LogP contribution >= 0.6 is 0 Å². The van der Waals surface area contributed by atoms with E-state index in [1.165, 1.54) is 0 Å². The topological polar surface area (TPSA) is 85.8 Å². The number of guanidine groups is 1. The van der Waals surface area contributed by atoms with Crippen LogP contribution in [-0.2, 0) is 4.79 Å². The first-order valence-electron chi connectivity index (χ1n) is 9.25. The van der Waals surface area contributed by atoms with Crippen LogP contribution in [0.1, 0.15) is 27.7 Å². The highest BCUT2D eigenvalue weighted by Crippen LogP contribution is 2.12. The van der Waals surface area contributed by atoms with Crippen LogP contribution in [0.3, 0.4) is 0 Å². The van der Waals surface area contributed by atoms with Gasteiger partial charge in [-0.25, -0.2) is 9.97 Å². The molecule has 8 nitrogen and oxygen atoms in total. The minimum Gasteiger partial charge on any atom is -0.357 e. The van der Waals surface area contributed by atoms with Gasteiger partial charge >= 0.3 is 0 Å². The van der Waals surface area contributed by atoms with Gasteiger partial charge in [-0.05, 0) is 13.0 Å². The molecule has 2 N–H and O–H groups in total. The normalized spacial score (nSPS) is 15.8. The standard InChI is InChI=1S/C18H31N7O/c1-5-19-16(23-10-9-20-15(26)18(2,3)4)24-11-13-25(14-12-24)17-21-7-6-8-22-17/h6-8H,5,9-14H2,1-4H3,(H,19,23)(H,20,26). The maximum absolute atomic E-state index is 11.9. The van der Waals surface area contributed by atoms with Crippen molar-refractivity contribution in [3.05, 3.63) is 18.5 Å². The summed E-state index contributed by atoms with van der Waals surface area (Å²) in [5.74, 6) is 1.72. The number of amides is 1. The van der Waals surface area contributed by atoms with Gasteiger partial charge in [-0.2, -0.15) is 0 Å². The van der Waals surface area contributed by atoms with E-state index in [4.69, 9.17) is 0 Å². The molecule has 0 unspecified atom stereocenters. The van der Waals surface area contributed by atoms with Crippen molar-refractivity contribution in [2.75, 3.05) is 50.7 Å². The predicted molar refractivity (Wildman–Crippen MR) is 104 cm³/mol. The lowest BCUT2D eigenvalue weighted by molar-refractivity contribution is -0.128. The molecule has 0 aromatic carbocycles. The second-order valence-corrected chi connectivity index (χ2v) is 7.26. The van der Waals surface area contributed by atoms with E-state index in [-0.39, 0.29) is 11.3 Å². The van der Waals surface area contributed by atoms with Crippen molar-refractivity contribution in [1.29, 1.82) is 0 Å². The molecule has 2 rings (SSSR count). The summed E-state index contributed by atoms with van der Waals surface area (Å²) in [6.45, 7) is 13.1. The quantitative estimate of drug-likeness (QED) is 0.457. The molecule has 1 aromatic rings. The SMILES string of the molecule is CCNC(=NCCNC(=O)C(C)(C)C)N1CCN(c2ncccn2)CC1. The number of rotatable bonds is 5. The number of carbonyl (C=O) groups excluding carboxylic acids is 1. The van der Waals surface area contributed by atoms with Gasteiger partial charge in [-0.3, -0.25) is 9.79 Å². The summed E-state index contributed by atoms with van der Waals surface area (Å²) in [5.41, 5.74) is -0.371. The Morgan fingerprint density at radius 1 is 1.15 bits per heavy atom. The second-order valence-electron chi connectivity index (χ2n) is 7.26. The Morgan fingerprint density at radius 2 is 1.81 bits per heavy atom. The van der Waals surface area contributed by atoms with Crippen molar-refractivity contribution in [3.63, 3.8) is 0 Å². The zero-order valence-corrected chi connectivity index (χ0v) is 16.3. The van der Waals surface area contributed by atoms with Gasteiger partial charge in [-0.1, -0.05) is 20.8 Å². The number of nitrogens with one attached hydrogen (secondary N) is 2. The number of aliphatic imine (C=N–C) groups is 1. The van der Waals surface area contributed by atoms with E-state index in [1.807, 2.05) is 26.8 Å². The molecule has 0 aliphatic carbocycles. The molecular weight excluding hydrogens is 330 g/mol. The third-order valence-electron chi connectivity index (χ3n) is 4.09. The number of aromatic nitrogens is 2. The number of nitrogens with zero attached hydrogens (tertiary/aromatic N) is 5. The van der Waals surface area contributed by atoms with Gasteiger partial charge in [0.15, 0.2) is 5.96 Å². The monoisotopic (exact) mass is 361 g/mol. The summed E-state index contributed by atoms with van der Waals surface area (Å²) in [4.78, 5) is 29.6. The van der Waals surface area contributed by atoms with Crippen molar-refractivity contribution >= 4 is 17.8 Å². The molecule has 1 aliphatic rings. The van der Waals surface area contributed by atoms with Crippen molar-refractivity contribution in [2.24, 2.45) is 10.4 Å². The predicted octanol–water partition coefficient (Wildman–Crippen LogP) is 0.726. The Hall–Kier alpha value is -2.38. The zero-order chi connectivity index (χ0) is 19.0. The van der Waals surface area contributed by atoms with Gasteiger partial charge in [0.05, 0.1) is 6.54 Å². The van der Waals surface area contributed by atoms with Crippen molar-refractivity contribution < 1.29 is 4.79 Å². The Kier molecular flexibility index (Phi) is 7.17. The van der Waals surface area contributed by atoms with Crippen molar-refractivity contribution in [1.82, 2.24) is 25.5 Å². The van der Waals surface area contributed by atoms with Crippen LogP contribution in [0, 0.1) is 5.41 Å². The van der Waals surface area contributed by atoms with Gasteiger partial charge in [0, 0.05) is 57.1 Å². The second kappa shape index (κ2) is 9.35. The van der Waals surface area contributed by atoms with Crippen molar-refractivity contribution in [3.8, 4) is 0 Å². The third-order valence-corrected chi connectivity index (χ3v) is 4.09. The number of piperazine rings is 1. The molecule has 1 saturated heterocycles. The van der Waals surface area contributed by atoms with Crippen LogP contribution in [0.25, 0.3) is 0 Å². The fourth-order valence-electron chi connectivity index (χ4n) is 2.59. The Labute approximate surface area is 156 Å². The molecule has 0 saturated carbocycles. The van der Waals surface area contributed by atoms with E-state index in [2.05, 4.69) is 42.3 Å². The minimum absolute atomic E-state index is 0.0502. The zero-order valence-electron chi connectivity index (χ0n) is 16.3. The van der Waals surface area contributed by atoms with E-state index in [0.717, 1.165) is 44.6 Å². The lowest BCUT2D eigenvalue weighted by Gasteiger charge is -2.36. The van der Waals surface area contributed by atoms with Crippen molar-refractivity contribution in [2.45, 2.75) is 27.7 Å². The maximum Gasteiger partial charge on any atom is 0.225 e. The Balaban J connectivity index is 1.84. The van der Waals surface area contributed by atoms with E-state index in [0.29, 0.717) is 13.1 Å². The third kappa shape index (κ3) is 5.86. The fraction of sp³-hybridized carbons (Fsp3) is 0.667. The highest BCUT2D eigenvalue weighted by atomic mass is 16.2. The van der Waals surface area contributed by atoms with Gasteiger partial charge in [0.2, 0.25) is 11.9 Å². The first-order chi connectivity index (χ1) is 12.4. The highest BCUT2D eigenvalue weighted by Gasteiger charge is 2.22. The van der Waals surface area contributed by atoms with E-state index in [9.17, 15) is 4.79 Å². The molecule has 2 heterocycles. The molecule has 1 amide bonds. The van der Waals surface area contributed by atoms with Gasteiger partial charge in [0.1, 0.15) is 0 Å². The van der Waals surface area contributed by atoms with Crippen LogP contribution in [0.15, 0.2) is 23.5 Å². The van der Waals surface area contributed by atoms with Gasteiger partial charge in [0.25, 0.3) is 0 Å². The smallest absolute Gasteiger partial charge is 0.225 e. The molecule has 0 bridgehead atoms. The number of carbonyl (C=O) groups is 1. The highest BCUT2D eigenvalue weighted by molar-refractivity contribution is 5.81. The summed E-state index contributed by atoms with van der Waals surface area (Å²) in [7, 11) is 0. The number of hydrogen-bond acceptors (Lipinski definition) is 5. The average molecular weight is 361 g/mol. The molecule has 1 aliphatic heterocycles. The molecule has 0 spiro atoms. The summed E-state index contributed by atoms with van der Waals surface area (Å²) < 4.78 is 0. The van der Waals surface area contributed by atoms with E-state index in [1.54, 1.807) is 12.4 Å². The maximum atomic E-state index is 11.9. The average Bonchev–Trinajstić information content (AvgIpc) is 2.64. The number of anilines is 1. The van der Waals surface area contributed by atoms with Crippen LogP contribution in [0.4, 0.5) is 5.95 Å². The molecular formula is C18H31N7O. The molecule has 1 fully saturated rings. The summed E-state index contributed by atoms with van der Waals surface area (Å²) in [6, 6.07) is 1.83. The minimum atomic E-state index is -0.371. The fourth-order valence-corrected chi connectivity index (χ4v) is 2.59. The summed E-state index contributed by atoms with van der Waals surface area (Å²) in [6.07, 6.45) is 3.54. The van der Waals surface area contributed by atoms with Crippen LogP contribution in [0.5, 0.6) is 0 Å². The van der Waals surface area contributed by atoms with Gasteiger partial charge in [-0.15, -0.1) is 0 Å². The van der Waals surface area contributed by atoms with Crippen LogP contribution < -0.4 is 15.5 Å². The molecule has 8 heteroatoms. The molecule has 26 heavy (non-hydrogen) atoms. The van der Waals surface area contributed by atoms with Crippen LogP contribution in [-0.4, -0.2) is 72.5 Å². The first-order valence-corrected chi connectivity index (χ1v) is 9.25. The van der Waals surface area contributed by atoms with E-state index < -0.39 is 0 Å². The van der Waals surface area contributed by atoms with Crippen LogP contribution in [0.2, 0.25) is 0 Å². The summed E-state index contributed by atoms with van der Waals surface area (Å²) >= 11 is 0. The Bertz CT molecular complexity index is 589. The van der Waals surface area contributed by atoms with Gasteiger partial charge < -0.3 is 20.4 Å². The molecule has 0 atom stereocenters. The Morgan fingerprint density at radius 3 is 2.38 bits per heavy atom. The molecule has 0 radical (unpaired) electrons. The number of hydrogen-bond donors (Lipinski definition) is 2. The lowest BCUT2D eigenvalue weighted by Crippen LogP contribution is -2.53. The lowest BCUT2D eigenvalue weighted by atomic mass is 9.96. The molecule has 144 valence electrons. The molecule has 1 aromatic heterocycles. The largest absolute Gasteiger partial charge is 0.357 e.